The van der Waals surface area contributed by atoms with Crippen molar-refractivity contribution in [3.63, 3.8) is 0 Å². The number of nitrogens with zero attached hydrogens (tertiary/aromatic N) is 2. The summed E-state index contributed by atoms with van der Waals surface area (Å²) in [5.74, 6) is 0.580. The second-order valence-corrected chi connectivity index (χ2v) is 4.56. The lowest BCUT2D eigenvalue weighted by atomic mass is 10.1. The minimum Gasteiger partial charge on any atom is -0.445 e. The van der Waals surface area contributed by atoms with Crippen molar-refractivity contribution in [1.82, 2.24) is 0 Å². The van der Waals surface area contributed by atoms with Crippen LogP contribution in [-0.2, 0) is 14.2 Å². The maximum absolute atomic E-state index is 8.77. The maximum Gasteiger partial charge on any atom is 0.226 e. The van der Waals surface area contributed by atoms with E-state index in [2.05, 4.69) is 11.1 Å². The Balaban J connectivity index is 1.75. The fourth-order valence-electron chi connectivity index (χ4n) is 2.28. The molecule has 1 saturated heterocycles. The van der Waals surface area contributed by atoms with Gasteiger partial charge < -0.3 is 14.2 Å². The van der Waals surface area contributed by atoms with Crippen molar-refractivity contribution in [2.75, 3.05) is 7.11 Å². The third-order valence-electron chi connectivity index (χ3n) is 3.33. The summed E-state index contributed by atoms with van der Waals surface area (Å²) in [6.07, 6.45) is 1.15. The smallest absolute Gasteiger partial charge is 0.226 e. The molecule has 2 aliphatic heterocycles. The van der Waals surface area contributed by atoms with E-state index >= 15 is 0 Å². The van der Waals surface area contributed by atoms with Gasteiger partial charge in [-0.3, -0.25) is 0 Å². The Labute approximate surface area is 111 Å². The zero-order valence-corrected chi connectivity index (χ0v) is 10.6. The molecule has 2 heterocycles. The molecule has 19 heavy (non-hydrogen) atoms. The highest BCUT2D eigenvalue weighted by molar-refractivity contribution is 5.95. The molecular formula is C14H14N2O3. The maximum atomic E-state index is 8.77. The third kappa shape index (κ3) is 2.33. The van der Waals surface area contributed by atoms with Crippen LogP contribution in [0.4, 0.5) is 0 Å². The Morgan fingerprint density at radius 1 is 1.32 bits per heavy atom. The van der Waals surface area contributed by atoms with Gasteiger partial charge in [0.25, 0.3) is 0 Å². The number of nitriles is 1. The Morgan fingerprint density at radius 3 is 2.79 bits per heavy atom. The molecule has 5 nitrogen and oxygen atoms in total. The largest absolute Gasteiger partial charge is 0.445 e. The number of fused-ring (bicyclic) bond motifs is 1. The van der Waals surface area contributed by atoms with Gasteiger partial charge in [0, 0.05) is 19.1 Å². The van der Waals surface area contributed by atoms with Gasteiger partial charge in [0.05, 0.1) is 11.6 Å². The van der Waals surface area contributed by atoms with Crippen LogP contribution in [-0.4, -0.2) is 31.6 Å². The molecule has 98 valence electrons. The summed E-state index contributed by atoms with van der Waals surface area (Å²) in [5, 5.41) is 8.77. The zero-order chi connectivity index (χ0) is 13.2. The van der Waals surface area contributed by atoms with Gasteiger partial charge in [0.2, 0.25) is 12.2 Å². The highest BCUT2D eigenvalue weighted by Crippen LogP contribution is 2.29. The van der Waals surface area contributed by atoms with Crippen LogP contribution in [0.5, 0.6) is 0 Å². The summed E-state index contributed by atoms with van der Waals surface area (Å²) in [6, 6.07) is 9.30. The van der Waals surface area contributed by atoms with Gasteiger partial charge in [-0.1, -0.05) is 0 Å². The van der Waals surface area contributed by atoms with Crippen LogP contribution in [0.25, 0.3) is 0 Å². The minimum absolute atomic E-state index is 0.0389. The predicted octanol–water partition coefficient (Wildman–Crippen LogP) is 1.81. The van der Waals surface area contributed by atoms with Crippen LogP contribution in [0.1, 0.15) is 24.0 Å². The lowest BCUT2D eigenvalue weighted by Crippen LogP contribution is -2.37. The first-order chi connectivity index (χ1) is 9.30. The average molecular weight is 258 g/mol. The second kappa shape index (κ2) is 5.00. The van der Waals surface area contributed by atoms with Gasteiger partial charge in [0.15, 0.2) is 6.29 Å². The van der Waals surface area contributed by atoms with Crippen molar-refractivity contribution in [2.45, 2.75) is 31.5 Å². The van der Waals surface area contributed by atoms with Crippen LogP contribution in [0.15, 0.2) is 29.3 Å². The third-order valence-corrected chi connectivity index (χ3v) is 3.33. The molecule has 0 saturated carbocycles. The van der Waals surface area contributed by atoms with Crippen LogP contribution in [0.2, 0.25) is 0 Å². The lowest BCUT2D eigenvalue weighted by Gasteiger charge is -2.28. The van der Waals surface area contributed by atoms with Gasteiger partial charge in [-0.25, -0.2) is 4.99 Å². The molecule has 0 aromatic heterocycles. The molecule has 5 heteroatoms. The molecule has 1 aromatic carbocycles. The zero-order valence-electron chi connectivity index (χ0n) is 10.6. The first kappa shape index (κ1) is 12.2. The van der Waals surface area contributed by atoms with E-state index < -0.39 is 0 Å². The quantitative estimate of drug-likeness (QED) is 0.811. The van der Waals surface area contributed by atoms with Crippen molar-refractivity contribution in [3.05, 3.63) is 35.4 Å². The molecule has 3 unspecified atom stereocenters. The lowest BCUT2D eigenvalue weighted by molar-refractivity contribution is -0.235. The molecule has 0 spiro atoms. The van der Waals surface area contributed by atoms with E-state index in [0.29, 0.717) is 11.5 Å². The van der Waals surface area contributed by atoms with E-state index in [9.17, 15) is 0 Å². The molecule has 2 aliphatic rings. The summed E-state index contributed by atoms with van der Waals surface area (Å²) >= 11 is 0. The fraction of sp³-hybridized carbons (Fsp3) is 0.429. The molecule has 1 aromatic rings. The number of hydrogen-bond acceptors (Lipinski definition) is 5. The van der Waals surface area contributed by atoms with Gasteiger partial charge in [-0.2, -0.15) is 5.26 Å². The molecule has 0 amide bonds. The standard InChI is InChI=1S/C14H14N2O3/c1-17-12-7-6-11-14(18-12)19-13(16-11)10-4-2-9(8-15)3-5-10/h2-5,11-12,14H,6-7H2,1H3. The van der Waals surface area contributed by atoms with E-state index in [-0.39, 0.29) is 18.6 Å². The predicted molar refractivity (Wildman–Crippen MR) is 67.5 cm³/mol. The fourth-order valence-corrected chi connectivity index (χ4v) is 2.28. The number of aliphatic imine (C=N–C) groups is 1. The number of methoxy groups -OCH3 is 1. The van der Waals surface area contributed by atoms with Crippen molar-refractivity contribution < 1.29 is 14.2 Å². The summed E-state index contributed by atoms with van der Waals surface area (Å²) in [5.41, 5.74) is 1.49. The van der Waals surface area contributed by atoms with Crippen molar-refractivity contribution in [1.29, 1.82) is 5.26 Å². The highest BCUT2D eigenvalue weighted by Gasteiger charge is 2.38. The average Bonchev–Trinajstić information content (AvgIpc) is 2.90. The van der Waals surface area contributed by atoms with E-state index in [1.54, 1.807) is 19.2 Å². The van der Waals surface area contributed by atoms with E-state index in [1.807, 2.05) is 12.1 Å². The van der Waals surface area contributed by atoms with E-state index in [1.165, 1.54) is 0 Å². The first-order valence-corrected chi connectivity index (χ1v) is 6.23. The Morgan fingerprint density at radius 2 is 2.11 bits per heavy atom. The molecule has 0 radical (unpaired) electrons. The number of benzene rings is 1. The SMILES string of the molecule is COC1CCC2N=C(c3ccc(C#N)cc3)OC2O1. The molecule has 0 N–H and O–H groups in total. The van der Waals surface area contributed by atoms with Gasteiger partial charge in [-0.15, -0.1) is 0 Å². The van der Waals surface area contributed by atoms with Crippen LogP contribution >= 0.6 is 0 Å². The van der Waals surface area contributed by atoms with Crippen LogP contribution in [0, 0.1) is 11.3 Å². The topological polar surface area (TPSA) is 63.8 Å². The minimum atomic E-state index is -0.357. The number of rotatable bonds is 2. The van der Waals surface area contributed by atoms with Crippen LogP contribution < -0.4 is 0 Å². The Hall–Kier alpha value is -1.90. The van der Waals surface area contributed by atoms with E-state index in [0.717, 1.165) is 18.4 Å². The molecule has 3 rings (SSSR count). The summed E-state index contributed by atoms with van der Waals surface area (Å²) in [4.78, 5) is 4.54. The van der Waals surface area contributed by atoms with Gasteiger partial charge in [0.1, 0.15) is 6.04 Å². The van der Waals surface area contributed by atoms with Gasteiger partial charge >= 0.3 is 0 Å². The normalized spacial score (nSPS) is 29.1. The highest BCUT2D eigenvalue weighted by atomic mass is 16.8. The Kier molecular flexibility index (Phi) is 3.20. The summed E-state index contributed by atoms with van der Waals surface area (Å²) < 4.78 is 16.5. The van der Waals surface area contributed by atoms with Crippen molar-refractivity contribution in [2.24, 2.45) is 4.99 Å². The monoisotopic (exact) mass is 258 g/mol. The molecule has 3 atom stereocenters. The molecular weight excluding hydrogens is 244 g/mol. The number of hydrogen-bond donors (Lipinski definition) is 0. The summed E-state index contributed by atoms with van der Waals surface area (Å²) in [7, 11) is 1.63. The van der Waals surface area contributed by atoms with Crippen LogP contribution in [0.3, 0.4) is 0 Å². The molecule has 0 aliphatic carbocycles. The molecule has 1 fully saturated rings. The second-order valence-electron chi connectivity index (χ2n) is 4.56. The summed E-state index contributed by atoms with van der Waals surface area (Å²) in [6.45, 7) is 0. The van der Waals surface area contributed by atoms with E-state index in [4.69, 9.17) is 19.5 Å². The van der Waals surface area contributed by atoms with Crippen molar-refractivity contribution >= 4 is 5.90 Å². The van der Waals surface area contributed by atoms with Gasteiger partial charge in [-0.05, 0) is 30.7 Å². The first-order valence-electron chi connectivity index (χ1n) is 6.23. The Bertz CT molecular complexity index is 533. The van der Waals surface area contributed by atoms with Crippen molar-refractivity contribution in [3.8, 4) is 6.07 Å². The molecule has 0 bridgehead atoms. The number of ether oxygens (including phenoxy) is 3.